The molecular formula is C20H20Cl2FN3O2. The Bertz CT molecular complexity index is 853. The van der Waals surface area contributed by atoms with Crippen LogP contribution in [0.25, 0.3) is 0 Å². The number of likely N-dealkylation sites (tertiary alicyclic amines) is 1. The van der Waals surface area contributed by atoms with Crippen molar-refractivity contribution < 1.29 is 14.0 Å². The average Bonchev–Trinajstić information content (AvgIpc) is 2.67. The molecular weight excluding hydrogens is 404 g/mol. The normalized spacial score (nSPS) is 15.2. The van der Waals surface area contributed by atoms with Crippen LogP contribution in [0.2, 0.25) is 10.0 Å². The van der Waals surface area contributed by atoms with Crippen molar-refractivity contribution in [3.8, 4) is 0 Å². The molecule has 28 heavy (non-hydrogen) atoms. The first-order chi connectivity index (χ1) is 13.4. The Kier molecular flexibility index (Phi) is 6.88. The van der Waals surface area contributed by atoms with Gasteiger partial charge in [-0.15, -0.1) is 0 Å². The van der Waals surface area contributed by atoms with E-state index in [1.807, 2.05) is 4.90 Å². The zero-order valence-corrected chi connectivity index (χ0v) is 16.6. The van der Waals surface area contributed by atoms with Gasteiger partial charge in [0.15, 0.2) is 0 Å². The first-order valence-corrected chi connectivity index (χ1v) is 9.70. The summed E-state index contributed by atoms with van der Waals surface area (Å²) < 4.78 is 12.9. The van der Waals surface area contributed by atoms with E-state index < -0.39 is 0 Å². The molecule has 0 unspecified atom stereocenters. The minimum absolute atomic E-state index is 0.0613. The number of piperidine rings is 1. The molecule has 1 heterocycles. The van der Waals surface area contributed by atoms with Crippen LogP contribution in [0.15, 0.2) is 42.5 Å². The maximum absolute atomic E-state index is 12.9. The van der Waals surface area contributed by atoms with E-state index in [0.717, 1.165) is 0 Å². The van der Waals surface area contributed by atoms with Crippen LogP contribution in [-0.2, 0) is 9.59 Å². The number of nitrogens with zero attached hydrogens (tertiary/aromatic N) is 1. The molecule has 0 spiro atoms. The number of hydrogen-bond acceptors (Lipinski definition) is 3. The fourth-order valence-electron chi connectivity index (χ4n) is 3.11. The lowest BCUT2D eigenvalue weighted by atomic mass is 9.96. The second-order valence-electron chi connectivity index (χ2n) is 6.72. The van der Waals surface area contributed by atoms with Crippen LogP contribution in [-0.4, -0.2) is 36.3 Å². The molecule has 2 N–H and O–H groups in total. The van der Waals surface area contributed by atoms with Gasteiger partial charge in [-0.2, -0.15) is 0 Å². The zero-order chi connectivity index (χ0) is 20.1. The smallest absolute Gasteiger partial charge is 0.238 e. The van der Waals surface area contributed by atoms with Crippen LogP contribution >= 0.6 is 23.2 Å². The highest BCUT2D eigenvalue weighted by Crippen LogP contribution is 2.26. The van der Waals surface area contributed by atoms with Gasteiger partial charge in [0.1, 0.15) is 5.82 Å². The number of benzene rings is 2. The van der Waals surface area contributed by atoms with Crippen molar-refractivity contribution in [2.75, 3.05) is 30.3 Å². The van der Waals surface area contributed by atoms with Crippen LogP contribution in [0.5, 0.6) is 0 Å². The summed E-state index contributed by atoms with van der Waals surface area (Å²) in [7, 11) is 0. The molecule has 1 aliphatic heterocycles. The molecule has 0 aromatic heterocycles. The summed E-state index contributed by atoms with van der Waals surface area (Å²) in [6.45, 7) is 1.53. The molecule has 5 nitrogen and oxygen atoms in total. The lowest BCUT2D eigenvalue weighted by Gasteiger charge is -2.30. The van der Waals surface area contributed by atoms with Gasteiger partial charge in [-0.05, 0) is 68.4 Å². The van der Waals surface area contributed by atoms with Crippen molar-refractivity contribution in [1.82, 2.24) is 4.90 Å². The summed E-state index contributed by atoms with van der Waals surface area (Å²) in [4.78, 5) is 26.6. The third kappa shape index (κ3) is 5.67. The molecule has 148 valence electrons. The molecule has 0 aliphatic carbocycles. The van der Waals surface area contributed by atoms with Crippen LogP contribution in [0.3, 0.4) is 0 Å². The van der Waals surface area contributed by atoms with Gasteiger partial charge in [0.2, 0.25) is 11.8 Å². The minimum atomic E-state index is -0.348. The lowest BCUT2D eigenvalue weighted by Crippen LogP contribution is -2.41. The number of carbonyl (C=O) groups excluding carboxylic acids is 2. The van der Waals surface area contributed by atoms with E-state index in [0.29, 0.717) is 47.4 Å². The van der Waals surface area contributed by atoms with Gasteiger partial charge in [0.05, 0.1) is 16.6 Å². The monoisotopic (exact) mass is 423 g/mol. The fourth-order valence-corrected chi connectivity index (χ4v) is 3.41. The molecule has 0 radical (unpaired) electrons. The predicted octanol–water partition coefficient (Wildman–Crippen LogP) is 4.42. The summed E-state index contributed by atoms with van der Waals surface area (Å²) in [5.41, 5.74) is 1.17. The van der Waals surface area contributed by atoms with Gasteiger partial charge in [-0.3, -0.25) is 14.5 Å². The highest BCUT2D eigenvalue weighted by atomic mass is 35.5. The molecule has 3 rings (SSSR count). The zero-order valence-electron chi connectivity index (χ0n) is 15.1. The summed E-state index contributed by atoms with van der Waals surface area (Å²) in [5, 5.41) is 6.43. The summed E-state index contributed by atoms with van der Waals surface area (Å²) >= 11 is 11.9. The highest BCUT2D eigenvalue weighted by molar-refractivity contribution is 6.42. The van der Waals surface area contributed by atoms with Crippen LogP contribution in [0, 0.1) is 11.7 Å². The standard InChI is InChI=1S/C20H20Cl2FN3O2/c21-17-6-5-16(11-18(17)22)25-20(28)13-7-9-26(10-8-13)12-19(27)24-15-3-1-14(23)2-4-15/h1-6,11,13H,7-10,12H2,(H,24,27)(H,25,28). The second-order valence-corrected chi connectivity index (χ2v) is 7.54. The number of rotatable bonds is 5. The Hall–Kier alpha value is -2.15. The Morgan fingerprint density at radius 2 is 1.61 bits per heavy atom. The Morgan fingerprint density at radius 3 is 2.25 bits per heavy atom. The Balaban J connectivity index is 1.44. The highest BCUT2D eigenvalue weighted by Gasteiger charge is 2.26. The third-order valence-electron chi connectivity index (χ3n) is 4.64. The van der Waals surface area contributed by atoms with Gasteiger partial charge in [-0.25, -0.2) is 4.39 Å². The molecule has 0 bridgehead atoms. The molecule has 1 saturated heterocycles. The first kappa shape index (κ1) is 20.6. The maximum Gasteiger partial charge on any atom is 0.238 e. The van der Waals surface area contributed by atoms with Gasteiger partial charge in [-0.1, -0.05) is 23.2 Å². The number of amides is 2. The molecule has 0 atom stereocenters. The molecule has 1 fully saturated rings. The van der Waals surface area contributed by atoms with Gasteiger partial charge < -0.3 is 10.6 Å². The van der Waals surface area contributed by atoms with Crippen LogP contribution in [0.1, 0.15) is 12.8 Å². The SMILES string of the molecule is O=C(CN1CCC(C(=O)Nc2ccc(Cl)c(Cl)c2)CC1)Nc1ccc(F)cc1. The Morgan fingerprint density at radius 1 is 0.964 bits per heavy atom. The molecule has 2 aromatic rings. The van der Waals surface area contributed by atoms with E-state index in [1.54, 1.807) is 18.2 Å². The second kappa shape index (κ2) is 9.37. The van der Waals surface area contributed by atoms with Crippen molar-refractivity contribution in [2.24, 2.45) is 5.92 Å². The summed E-state index contributed by atoms with van der Waals surface area (Å²) in [5.74, 6) is -0.691. The van der Waals surface area contributed by atoms with E-state index in [4.69, 9.17) is 23.2 Å². The van der Waals surface area contributed by atoms with Crippen LogP contribution in [0.4, 0.5) is 15.8 Å². The van der Waals surface area contributed by atoms with Crippen molar-refractivity contribution in [1.29, 1.82) is 0 Å². The molecule has 0 saturated carbocycles. The van der Waals surface area contributed by atoms with E-state index in [2.05, 4.69) is 10.6 Å². The van der Waals surface area contributed by atoms with Gasteiger partial charge >= 0.3 is 0 Å². The third-order valence-corrected chi connectivity index (χ3v) is 5.38. The molecule has 2 amide bonds. The fraction of sp³-hybridized carbons (Fsp3) is 0.300. The molecule has 2 aromatic carbocycles. The predicted molar refractivity (Wildman–Crippen MR) is 109 cm³/mol. The quantitative estimate of drug-likeness (QED) is 0.747. The topological polar surface area (TPSA) is 61.4 Å². The molecule has 1 aliphatic rings. The first-order valence-electron chi connectivity index (χ1n) is 8.94. The number of halogens is 3. The summed E-state index contributed by atoms with van der Waals surface area (Å²) in [6, 6.07) is 10.6. The van der Waals surface area contributed by atoms with Gasteiger partial charge in [0, 0.05) is 17.3 Å². The van der Waals surface area contributed by atoms with Crippen molar-refractivity contribution in [2.45, 2.75) is 12.8 Å². The number of anilines is 2. The van der Waals surface area contributed by atoms with Crippen molar-refractivity contribution in [3.05, 3.63) is 58.3 Å². The maximum atomic E-state index is 12.9. The Labute approximate surface area is 172 Å². The van der Waals surface area contributed by atoms with E-state index in [1.165, 1.54) is 24.3 Å². The number of nitrogens with one attached hydrogen (secondary N) is 2. The van der Waals surface area contributed by atoms with Crippen molar-refractivity contribution in [3.63, 3.8) is 0 Å². The minimum Gasteiger partial charge on any atom is -0.326 e. The lowest BCUT2D eigenvalue weighted by molar-refractivity contribution is -0.121. The van der Waals surface area contributed by atoms with Crippen molar-refractivity contribution >= 4 is 46.4 Å². The largest absolute Gasteiger partial charge is 0.326 e. The van der Waals surface area contributed by atoms with E-state index >= 15 is 0 Å². The number of carbonyl (C=O) groups is 2. The van der Waals surface area contributed by atoms with Gasteiger partial charge in [0.25, 0.3) is 0 Å². The van der Waals surface area contributed by atoms with E-state index in [-0.39, 0.29) is 30.1 Å². The average molecular weight is 424 g/mol. The molecule has 8 heteroatoms. The van der Waals surface area contributed by atoms with E-state index in [9.17, 15) is 14.0 Å². The summed E-state index contributed by atoms with van der Waals surface area (Å²) in [6.07, 6.45) is 1.33. The van der Waals surface area contributed by atoms with Crippen LogP contribution < -0.4 is 10.6 Å². The number of hydrogen-bond donors (Lipinski definition) is 2.